The van der Waals surface area contributed by atoms with Gasteiger partial charge in [0.25, 0.3) is 0 Å². The standard InChI is InChI=1S/C11H23NOS/c1-9-10(4-7-14-9)12-8-11(2,3)5-6-13/h9-10,12-13H,4-8H2,1-3H3. The maximum absolute atomic E-state index is 8.91. The van der Waals surface area contributed by atoms with Gasteiger partial charge in [-0.2, -0.15) is 11.8 Å². The van der Waals surface area contributed by atoms with E-state index in [1.807, 2.05) is 0 Å². The van der Waals surface area contributed by atoms with Crippen LogP contribution in [0.3, 0.4) is 0 Å². The van der Waals surface area contributed by atoms with E-state index in [0.29, 0.717) is 12.6 Å². The maximum atomic E-state index is 8.91. The zero-order chi connectivity index (χ0) is 10.6. The molecule has 1 heterocycles. The molecule has 0 aliphatic carbocycles. The summed E-state index contributed by atoms with van der Waals surface area (Å²) in [6, 6.07) is 0.679. The topological polar surface area (TPSA) is 32.3 Å². The molecule has 84 valence electrons. The van der Waals surface area contributed by atoms with Crippen molar-refractivity contribution in [3.8, 4) is 0 Å². The van der Waals surface area contributed by atoms with E-state index < -0.39 is 0 Å². The Morgan fingerprint density at radius 3 is 2.71 bits per heavy atom. The maximum Gasteiger partial charge on any atom is 0.0436 e. The Bertz CT molecular complexity index is 173. The van der Waals surface area contributed by atoms with Crippen LogP contribution in [0.4, 0.5) is 0 Å². The molecule has 0 bridgehead atoms. The first-order valence-electron chi connectivity index (χ1n) is 5.51. The molecule has 0 saturated carbocycles. The Balaban J connectivity index is 2.25. The molecule has 2 atom stereocenters. The Labute approximate surface area is 91.9 Å². The van der Waals surface area contributed by atoms with Crippen molar-refractivity contribution in [1.82, 2.24) is 5.32 Å². The molecule has 1 aliphatic rings. The summed E-state index contributed by atoms with van der Waals surface area (Å²) in [4.78, 5) is 0. The lowest BCUT2D eigenvalue weighted by molar-refractivity contribution is 0.202. The van der Waals surface area contributed by atoms with Crippen LogP contribution in [0.1, 0.15) is 33.6 Å². The van der Waals surface area contributed by atoms with Gasteiger partial charge in [-0.3, -0.25) is 0 Å². The van der Waals surface area contributed by atoms with E-state index in [2.05, 4.69) is 37.8 Å². The SMILES string of the molecule is CC1SCCC1NCC(C)(C)CCO. The predicted octanol–water partition coefficient (Wildman–Crippen LogP) is 1.88. The molecule has 0 aromatic heterocycles. The highest BCUT2D eigenvalue weighted by Crippen LogP contribution is 2.27. The summed E-state index contributed by atoms with van der Waals surface area (Å²) in [5.74, 6) is 1.29. The molecule has 14 heavy (non-hydrogen) atoms. The van der Waals surface area contributed by atoms with Crippen LogP contribution in [0, 0.1) is 5.41 Å². The fraction of sp³-hybridized carbons (Fsp3) is 1.00. The van der Waals surface area contributed by atoms with E-state index in [1.54, 1.807) is 0 Å². The van der Waals surface area contributed by atoms with Gasteiger partial charge in [0.05, 0.1) is 0 Å². The zero-order valence-electron chi connectivity index (χ0n) is 9.55. The lowest BCUT2D eigenvalue weighted by Gasteiger charge is -2.27. The van der Waals surface area contributed by atoms with E-state index in [-0.39, 0.29) is 5.41 Å². The Kier molecular flexibility index (Phi) is 4.74. The number of hydrogen-bond acceptors (Lipinski definition) is 3. The fourth-order valence-corrected chi connectivity index (χ4v) is 3.02. The van der Waals surface area contributed by atoms with Crippen LogP contribution in [0.15, 0.2) is 0 Å². The second-order valence-electron chi connectivity index (χ2n) is 4.99. The van der Waals surface area contributed by atoms with Crippen LogP contribution < -0.4 is 5.32 Å². The van der Waals surface area contributed by atoms with Crippen molar-refractivity contribution in [2.75, 3.05) is 18.9 Å². The van der Waals surface area contributed by atoms with Gasteiger partial charge in [0, 0.05) is 24.4 Å². The van der Waals surface area contributed by atoms with Crippen LogP contribution in [0.5, 0.6) is 0 Å². The van der Waals surface area contributed by atoms with E-state index in [1.165, 1.54) is 12.2 Å². The van der Waals surface area contributed by atoms with Crippen molar-refractivity contribution in [3.63, 3.8) is 0 Å². The summed E-state index contributed by atoms with van der Waals surface area (Å²) in [6.07, 6.45) is 2.18. The molecule has 2 N–H and O–H groups in total. The van der Waals surface area contributed by atoms with Gasteiger partial charge in [-0.15, -0.1) is 0 Å². The lowest BCUT2D eigenvalue weighted by atomic mass is 9.89. The molecule has 0 aromatic carbocycles. The van der Waals surface area contributed by atoms with Crippen molar-refractivity contribution in [2.24, 2.45) is 5.41 Å². The van der Waals surface area contributed by atoms with E-state index in [0.717, 1.165) is 18.2 Å². The van der Waals surface area contributed by atoms with Crippen LogP contribution in [-0.2, 0) is 0 Å². The molecule has 0 aromatic rings. The second kappa shape index (κ2) is 5.38. The van der Waals surface area contributed by atoms with Gasteiger partial charge in [-0.05, 0) is 24.0 Å². The number of rotatable bonds is 5. The first-order valence-corrected chi connectivity index (χ1v) is 6.56. The van der Waals surface area contributed by atoms with Crippen LogP contribution in [0.2, 0.25) is 0 Å². The van der Waals surface area contributed by atoms with E-state index >= 15 is 0 Å². The molecule has 3 heteroatoms. The molecule has 2 unspecified atom stereocenters. The monoisotopic (exact) mass is 217 g/mol. The number of thioether (sulfide) groups is 1. The van der Waals surface area contributed by atoms with Crippen molar-refractivity contribution in [3.05, 3.63) is 0 Å². The molecule has 1 aliphatic heterocycles. The Morgan fingerprint density at radius 1 is 1.50 bits per heavy atom. The quantitative estimate of drug-likeness (QED) is 0.737. The fourth-order valence-electron chi connectivity index (χ4n) is 1.80. The number of nitrogens with one attached hydrogen (secondary N) is 1. The summed E-state index contributed by atoms with van der Waals surface area (Å²) < 4.78 is 0. The van der Waals surface area contributed by atoms with Gasteiger partial charge in [0.2, 0.25) is 0 Å². The van der Waals surface area contributed by atoms with Crippen molar-refractivity contribution < 1.29 is 5.11 Å². The average Bonchev–Trinajstić information content (AvgIpc) is 2.48. The van der Waals surface area contributed by atoms with E-state index in [9.17, 15) is 0 Å². The summed E-state index contributed by atoms with van der Waals surface area (Å²) in [5, 5.41) is 13.3. The molecule has 1 rings (SSSR count). The van der Waals surface area contributed by atoms with Gasteiger partial charge in [0.1, 0.15) is 0 Å². The van der Waals surface area contributed by atoms with Gasteiger partial charge in [-0.1, -0.05) is 20.8 Å². The molecule has 0 amide bonds. The molecule has 1 saturated heterocycles. The van der Waals surface area contributed by atoms with Crippen LogP contribution >= 0.6 is 11.8 Å². The summed E-state index contributed by atoms with van der Waals surface area (Å²) >= 11 is 2.06. The van der Waals surface area contributed by atoms with Crippen molar-refractivity contribution >= 4 is 11.8 Å². The number of aliphatic hydroxyl groups excluding tert-OH is 1. The number of aliphatic hydroxyl groups is 1. The molecule has 0 spiro atoms. The Hall–Kier alpha value is 0.270. The Morgan fingerprint density at radius 2 is 2.21 bits per heavy atom. The minimum Gasteiger partial charge on any atom is -0.396 e. The molecule has 1 fully saturated rings. The molecule has 0 radical (unpaired) electrons. The third-order valence-electron chi connectivity index (χ3n) is 3.01. The second-order valence-corrected chi connectivity index (χ2v) is 6.47. The third-order valence-corrected chi connectivity index (χ3v) is 4.33. The molecular formula is C11H23NOS. The minimum atomic E-state index is 0.224. The highest BCUT2D eigenvalue weighted by molar-refractivity contribution is 8.00. The molecular weight excluding hydrogens is 194 g/mol. The first kappa shape index (κ1) is 12.3. The van der Waals surface area contributed by atoms with Crippen LogP contribution in [0.25, 0.3) is 0 Å². The van der Waals surface area contributed by atoms with E-state index in [4.69, 9.17) is 5.11 Å². The van der Waals surface area contributed by atoms with Gasteiger partial charge < -0.3 is 10.4 Å². The molecule has 2 nitrogen and oxygen atoms in total. The van der Waals surface area contributed by atoms with Crippen molar-refractivity contribution in [1.29, 1.82) is 0 Å². The zero-order valence-corrected chi connectivity index (χ0v) is 10.4. The highest BCUT2D eigenvalue weighted by Gasteiger charge is 2.26. The highest BCUT2D eigenvalue weighted by atomic mass is 32.2. The van der Waals surface area contributed by atoms with Crippen LogP contribution in [-0.4, -0.2) is 35.3 Å². The van der Waals surface area contributed by atoms with Gasteiger partial charge in [-0.25, -0.2) is 0 Å². The van der Waals surface area contributed by atoms with Gasteiger partial charge >= 0.3 is 0 Å². The minimum absolute atomic E-state index is 0.224. The lowest BCUT2D eigenvalue weighted by Crippen LogP contribution is -2.40. The first-order chi connectivity index (χ1) is 6.55. The summed E-state index contributed by atoms with van der Waals surface area (Å²) in [6.45, 7) is 8.03. The normalized spacial score (nSPS) is 28.3. The average molecular weight is 217 g/mol. The van der Waals surface area contributed by atoms with Gasteiger partial charge in [0.15, 0.2) is 0 Å². The largest absolute Gasteiger partial charge is 0.396 e. The van der Waals surface area contributed by atoms with Crippen molar-refractivity contribution in [2.45, 2.75) is 44.9 Å². The smallest absolute Gasteiger partial charge is 0.0436 e. The summed E-state index contributed by atoms with van der Waals surface area (Å²) in [7, 11) is 0. The third kappa shape index (κ3) is 3.79. The predicted molar refractivity (Wildman–Crippen MR) is 63.8 cm³/mol. The number of hydrogen-bond donors (Lipinski definition) is 2. The summed E-state index contributed by atoms with van der Waals surface area (Å²) in [5.41, 5.74) is 0.224.